The number of aromatic nitrogens is 1. The molecule has 3 nitrogen and oxygen atoms in total. The fraction of sp³-hybridized carbons (Fsp3) is 0.333. The minimum atomic E-state index is -4.66. The Kier molecular flexibility index (Phi) is 3.63. The Morgan fingerprint density at radius 2 is 1.90 bits per heavy atom. The molecule has 1 aliphatic rings. The van der Waals surface area contributed by atoms with Crippen LogP contribution in [0.2, 0.25) is 0 Å². The van der Waals surface area contributed by atoms with Crippen LogP contribution in [0.15, 0.2) is 42.6 Å². The molecule has 3 rings (SSSR count). The molecule has 0 bridgehead atoms. The topological polar surface area (TPSA) is 26.2 Å². The average molecular weight is 296 g/mol. The number of alkyl halides is 3. The number of hydrogen-bond acceptors (Lipinski definition) is 2. The molecular formula is C15H15F3N2O. The second-order valence-electron chi connectivity index (χ2n) is 4.98. The third-order valence-corrected chi connectivity index (χ3v) is 3.53. The fourth-order valence-electron chi connectivity index (χ4n) is 2.64. The first kappa shape index (κ1) is 14.0. The van der Waals surface area contributed by atoms with Crippen molar-refractivity contribution in [2.24, 2.45) is 0 Å². The smallest absolute Gasteiger partial charge is 0.406 e. The SMILES string of the molecule is FC(F)(F)Oc1ccc(C2NCCCn3cccc32)cc1. The van der Waals surface area contributed by atoms with Crippen LogP contribution < -0.4 is 10.1 Å². The maximum atomic E-state index is 12.2. The lowest BCUT2D eigenvalue weighted by atomic mass is 10.0. The van der Waals surface area contributed by atoms with Gasteiger partial charge in [0.2, 0.25) is 0 Å². The van der Waals surface area contributed by atoms with Crippen molar-refractivity contribution in [2.75, 3.05) is 6.54 Å². The maximum Gasteiger partial charge on any atom is 0.573 e. The Morgan fingerprint density at radius 3 is 2.62 bits per heavy atom. The van der Waals surface area contributed by atoms with Crippen LogP contribution in [0.3, 0.4) is 0 Å². The Labute approximate surface area is 120 Å². The zero-order chi connectivity index (χ0) is 14.9. The second kappa shape index (κ2) is 5.44. The van der Waals surface area contributed by atoms with Gasteiger partial charge in [-0.2, -0.15) is 0 Å². The standard InChI is InChI=1S/C15H15F3N2O/c16-15(17,18)21-12-6-4-11(5-7-12)14-13-3-1-9-20(13)10-2-8-19-14/h1,3-7,9,14,19H,2,8,10H2. The molecule has 1 unspecified atom stereocenters. The minimum Gasteiger partial charge on any atom is -0.406 e. The molecule has 1 aliphatic heterocycles. The predicted octanol–water partition coefficient (Wildman–Crippen LogP) is 3.47. The largest absolute Gasteiger partial charge is 0.573 e. The van der Waals surface area contributed by atoms with Crippen LogP contribution in [-0.2, 0) is 6.54 Å². The number of rotatable bonds is 2. The highest BCUT2D eigenvalue weighted by molar-refractivity contribution is 5.34. The lowest BCUT2D eigenvalue weighted by Crippen LogP contribution is -2.22. The molecule has 0 saturated heterocycles. The number of halogens is 3. The van der Waals surface area contributed by atoms with Gasteiger partial charge in [-0.15, -0.1) is 13.2 Å². The molecule has 0 radical (unpaired) electrons. The molecule has 21 heavy (non-hydrogen) atoms. The van der Waals surface area contributed by atoms with Gasteiger partial charge in [0.1, 0.15) is 5.75 Å². The predicted molar refractivity (Wildman–Crippen MR) is 72.0 cm³/mol. The highest BCUT2D eigenvalue weighted by atomic mass is 19.4. The zero-order valence-electron chi connectivity index (χ0n) is 11.2. The van der Waals surface area contributed by atoms with Gasteiger partial charge in [0.15, 0.2) is 0 Å². The third-order valence-electron chi connectivity index (χ3n) is 3.53. The number of hydrogen-bond donors (Lipinski definition) is 1. The van der Waals surface area contributed by atoms with Crippen LogP contribution in [0.5, 0.6) is 5.75 Å². The van der Waals surface area contributed by atoms with Crippen LogP contribution in [0.25, 0.3) is 0 Å². The number of fused-ring (bicyclic) bond motifs is 1. The summed E-state index contributed by atoms with van der Waals surface area (Å²) in [6.45, 7) is 1.81. The number of ether oxygens (including phenoxy) is 1. The van der Waals surface area contributed by atoms with E-state index in [1.54, 1.807) is 12.1 Å². The van der Waals surface area contributed by atoms with Crippen molar-refractivity contribution in [3.63, 3.8) is 0 Å². The Balaban J connectivity index is 1.84. The van der Waals surface area contributed by atoms with E-state index in [2.05, 4.69) is 14.6 Å². The molecule has 2 aromatic rings. The van der Waals surface area contributed by atoms with Gasteiger partial charge in [-0.1, -0.05) is 12.1 Å². The van der Waals surface area contributed by atoms with E-state index in [0.717, 1.165) is 30.8 Å². The number of nitrogens with one attached hydrogen (secondary N) is 1. The van der Waals surface area contributed by atoms with Crippen LogP contribution in [0.4, 0.5) is 13.2 Å². The van der Waals surface area contributed by atoms with Gasteiger partial charge in [0.25, 0.3) is 0 Å². The van der Waals surface area contributed by atoms with Gasteiger partial charge in [-0.25, -0.2) is 0 Å². The molecule has 0 amide bonds. The van der Waals surface area contributed by atoms with E-state index in [0.29, 0.717) is 0 Å². The highest BCUT2D eigenvalue weighted by Crippen LogP contribution is 2.28. The summed E-state index contributed by atoms with van der Waals surface area (Å²) in [6.07, 6.45) is -1.61. The van der Waals surface area contributed by atoms with Gasteiger partial charge < -0.3 is 14.6 Å². The van der Waals surface area contributed by atoms with Crippen molar-refractivity contribution < 1.29 is 17.9 Å². The van der Waals surface area contributed by atoms with Gasteiger partial charge in [0.05, 0.1) is 6.04 Å². The highest BCUT2D eigenvalue weighted by Gasteiger charge is 2.31. The quantitative estimate of drug-likeness (QED) is 0.918. The first-order chi connectivity index (χ1) is 10.0. The summed E-state index contributed by atoms with van der Waals surface area (Å²) in [5.41, 5.74) is 2.04. The zero-order valence-corrected chi connectivity index (χ0v) is 11.2. The molecule has 112 valence electrons. The maximum absolute atomic E-state index is 12.2. The summed E-state index contributed by atoms with van der Waals surface area (Å²) in [4.78, 5) is 0. The second-order valence-corrected chi connectivity index (χ2v) is 4.98. The van der Waals surface area contributed by atoms with Gasteiger partial charge in [-0.3, -0.25) is 0 Å². The van der Waals surface area contributed by atoms with E-state index in [1.165, 1.54) is 12.1 Å². The van der Waals surface area contributed by atoms with Crippen molar-refractivity contribution in [2.45, 2.75) is 25.4 Å². The molecule has 1 atom stereocenters. The fourth-order valence-corrected chi connectivity index (χ4v) is 2.64. The molecule has 1 N–H and O–H groups in total. The molecule has 6 heteroatoms. The van der Waals surface area contributed by atoms with Crippen molar-refractivity contribution >= 4 is 0 Å². The van der Waals surface area contributed by atoms with Crippen molar-refractivity contribution in [3.8, 4) is 5.75 Å². The summed E-state index contributed by atoms with van der Waals surface area (Å²) in [5, 5.41) is 3.42. The van der Waals surface area contributed by atoms with Crippen LogP contribution >= 0.6 is 0 Å². The molecule has 0 aliphatic carbocycles. The lowest BCUT2D eigenvalue weighted by Gasteiger charge is -2.18. The third kappa shape index (κ3) is 3.21. The van der Waals surface area contributed by atoms with E-state index < -0.39 is 6.36 Å². The molecule has 0 fully saturated rings. The van der Waals surface area contributed by atoms with E-state index in [9.17, 15) is 13.2 Å². The van der Waals surface area contributed by atoms with Crippen molar-refractivity contribution in [1.29, 1.82) is 0 Å². The summed E-state index contributed by atoms with van der Waals surface area (Å²) in [6, 6.07) is 10.0. The number of nitrogens with zero attached hydrogens (tertiary/aromatic N) is 1. The average Bonchev–Trinajstić information content (AvgIpc) is 2.78. The van der Waals surface area contributed by atoms with E-state index in [-0.39, 0.29) is 11.8 Å². The van der Waals surface area contributed by atoms with Crippen LogP contribution in [-0.4, -0.2) is 17.5 Å². The van der Waals surface area contributed by atoms with Gasteiger partial charge >= 0.3 is 6.36 Å². The Morgan fingerprint density at radius 1 is 1.14 bits per heavy atom. The van der Waals surface area contributed by atoms with Crippen molar-refractivity contribution in [1.82, 2.24) is 9.88 Å². The van der Waals surface area contributed by atoms with Crippen LogP contribution in [0.1, 0.15) is 23.7 Å². The number of aryl methyl sites for hydroxylation is 1. The molecule has 1 aromatic carbocycles. The first-order valence-electron chi connectivity index (χ1n) is 6.77. The van der Waals surface area contributed by atoms with Crippen molar-refractivity contribution in [3.05, 3.63) is 53.9 Å². The Bertz CT molecular complexity index is 604. The molecule has 1 aromatic heterocycles. The summed E-state index contributed by atoms with van der Waals surface area (Å²) in [7, 11) is 0. The van der Waals surface area contributed by atoms with Gasteiger partial charge in [-0.05, 0) is 42.8 Å². The Hall–Kier alpha value is -1.95. The minimum absolute atomic E-state index is 0.0116. The molecule has 0 spiro atoms. The molecular weight excluding hydrogens is 281 g/mol. The monoisotopic (exact) mass is 296 g/mol. The first-order valence-corrected chi connectivity index (χ1v) is 6.77. The van der Waals surface area contributed by atoms with E-state index >= 15 is 0 Å². The molecule has 2 heterocycles. The van der Waals surface area contributed by atoms with E-state index in [1.807, 2.05) is 18.3 Å². The summed E-state index contributed by atoms with van der Waals surface area (Å²) in [5.74, 6) is -0.199. The van der Waals surface area contributed by atoms with E-state index in [4.69, 9.17) is 0 Å². The normalized spacial score (nSPS) is 18.9. The summed E-state index contributed by atoms with van der Waals surface area (Å²) < 4.78 is 42.6. The van der Waals surface area contributed by atoms with Gasteiger partial charge in [0, 0.05) is 18.4 Å². The molecule has 0 saturated carbocycles. The number of benzene rings is 1. The lowest BCUT2D eigenvalue weighted by molar-refractivity contribution is -0.274. The van der Waals surface area contributed by atoms with Crippen LogP contribution in [0, 0.1) is 0 Å². The summed E-state index contributed by atoms with van der Waals surface area (Å²) >= 11 is 0.